The number of amides is 2. The van der Waals surface area contributed by atoms with Gasteiger partial charge in [-0.15, -0.1) is 11.8 Å². The number of aryl methyl sites for hydroxylation is 2. The van der Waals surface area contributed by atoms with Crippen LogP contribution in [-0.2, 0) is 21.8 Å². The Labute approximate surface area is 174 Å². The third-order valence-electron chi connectivity index (χ3n) is 4.88. The molecule has 0 saturated carbocycles. The van der Waals surface area contributed by atoms with Gasteiger partial charge in [-0.05, 0) is 31.5 Å². The number of piperazine rings is 1. The van der Waals surface area contributed by atoms with Gasteiger partial charge in [0.1, 0.15) is 5.76 Å². The van der Waals surface area contributed by atoms with Gasteiger partial charge in [-0.3, -0.25) is 9.59 Å². The van der Waals surface area contributed by atoms with Gasteiger partial charge in [0.2, 0.25) is 11.8 Å². The molecule has 0 aliphatic carbocycles. The summed E-state index contributed by atoms with van der Waals surface area (Å²) in [5.41, 5.74) is 2.73. The Balaban J connectivity index is 1.41. The molecule has 0 radical (unpaired) electrons. The minimum absolute atomic E-state index is 0.0526. The Kier molecular flexibility index (Phi) is 7.02. The lowest BCUT2D eigenvalue weighted by atomic mass is 10.1. The smallest absolute Gasteiger partial charge is 0.232 e. The second-order valence-electron chi connectivity index (χ2n) is 6.86. The van der Waals surface area contributed by atoms with Crippen LogP contribution in [0.3, 0.4) is 0 Å². The zero-order chi connectivity index (χ0) is 20.1. The summed E-state index contributed by atoms with van der Waals surface area (Å²) in [5, 5.41) is 4.61. The van der Waals surface area contributed by atoms with Gasteiger partial charge in [-0.25, -0.2) is 0 Å². The van der Waals surface area contributed by atoms with Crippen LogP contribution >= 0.6 is 23.4 Å². The minimum Gasteiger partial charge on any atom is -0.361 e. The molecule has 1 aromatic heterocycles. The van der Waals surface area contributed by atoms with Crippen molar-refractivity contribution in [2.45, 2.75) is 26.0 Å². The fraction of sp³-hybridized carbons (Fsp3) is 0.450. The maximum atomic E-state index is 12.5. The molecule has 0 atom stereocenters. The molecule has 2 aromatic rings. The van der Waals surface area contributed by atoms with Crippen molar-refractivity contribution in [1.29, 1.82) is 0 Å². The van der Waals surface area contributed by atoms with Gasteiger partial charge < -0.3 is 14.3 Å². The fourth-order valence-corrected chi connectivity index (χ4v) is 4.28. The van der Waals surface area contributed by atoms with Crippen LogP contribution in [0.2, 0.25) is 5.02 Å². The van der Waals surface area contributed by atoms with Crippen molar-refractivity contribution in [3.05, 3.63) is 51.9 Å². The van der Waals surface area contributed by atoms with E-state index in [4.69, 9.17) is 16.1 Å². The molecular formula is C20H24ClN3O3S. The first-order chi connectivity index (χ1) is 13.4. The van der Waals surface area contributed by atoms with Crippen molar-refractivity contribution < 1.29 is 14.1 Å². The molecule has 0 N–H and O–H groups in total. The van der Waals surface area contributed by atoms with Gasteiger partial charge in [0, 0.05) is 42.5 Å². The number of carbonyl (C=O) groups is 2. The lowest BCUT2D eigenvalue weighted by Crippen LogP contribution is -2.51. The van der Waals surface area contributed by atoms with E-state index < -0.39 is 0 Å². The lowest BCUT2D eigenvalue weighted by molar-refractivity contribution is -0.137. The monoisotopic (exact) mass is 421 g/mol. The first kappa shape index (κ1) is 20.7. The predicted octanol–water partition coefficient (Wildman–Crippen LogP) is 3.09. The van der Waals surface area contributed by atoms with Crippen LogP contribution in [0.25, 0.3) is 0 Å². The van der Waals surface area contributed by atoms with E-state index >= 15 is 0 Å². The summed E-state index contributed by atoms with van der Waals surface area (Å²) in [4.78, 5) is 28.6. The first-order valence-electron chi connectivity index (χ1n) is 9.23. The van der Waals surface area contributed by atoms with E-state index in [1.807, 2.05) is 47.9 Å². The summed E-state index contributed by atoms with van der Waals surface area (Å²) >= 11 is 7.57. The summed E-state index contributed by atoms with van der Waals surface area (Å²) in [6, 6.07) is 7.68. The summed E-state index contributed by atoms with van der Waals surface area (Å²) in [7, 11) is 0. The fourth-order valence-electron chi connectivity index (χ4n) is 3.20. The van der Waals surface area contributed by atoms with Crippen LogP contribution in [0.1, 0.15) is 22.6 Å². The summed E-state index contributed by atoms with van der Waals surface area (Å²) in [6.07, 6.45) is 0.296. The molecule has 1 fully saturated rings. The molecule has 1 aliphatic heterocycles. The van der Waals surface area contributed by atoms with E-state index in [0.717, 1.165) is 22.6 Å². The van der Waals surface area contributed by atoms with Crippen LogP contribution in [-0.4, -0.2) is 58.7 Å². The van der Waals surface area contributed by atoms with Crippen LogP contribution < -0.4 is 0 Å². The number of nitrogens with zero attached hydrogens (tertiary/aromatic N) is 3. The molecule has 0 bridgehead atoms. The number of halogens is 1. The zero-order valence-corrected chi connectivity index (χ0v) is 17.7. The largest absolute Gasteiger partial charge is 0.361 e. The van der Waals surface area contributed by atoms with Gasteiger partial charge in [-0.2, -0.15) is 0 Å². The topological polar surface area (TPSA) is 66.7 Å². The second-order valence-corrected chi connectivity index (χ2v) is 8.29. The average Bonchev–Trinajstić information content (AvgIpc) is 3.00. The highest BCUT2D eigenvalue weighted by molar-refractivity contribution is 7.99. The number of hydrogen-bond donors (Lipinski definition) is 0. The molecule has 3 rings (SSSR count). The van der Waals surface area contributed by atoms with Gasteiger partial charge in [0.15, 0.2) is 0 Å². The standard InChI is InChI=1S/C20H24ClN3O3S/c1-14-18(15(2)27-22-14)11-19(25)23-6-8-24(9-7-23)20(26)13-28-12-16-4-3-5-17(21)10-16/h3-5,10H,6-9,11-13H2,1-2H3. The number of carbonyl (C=O) groups excluding carboxylic acids is 2. The number of thioether (sulfide) groups is 1. The molecule has 0 spiro atoms. The minimum atomic E-state index is 0.0526. The van der Waals surface area contributed by atoms with Crippen LogP contribution in [0.15, 0.2) is 28.8 Å². The highest BCUT2D eigenvalue weighted by atomic mass is 35.5. The predicted molar refractivity (Wildman–Crippen MR) is 110 cm³/mol. The second kappa shape index (κ2) is 9.47. The van der Waals surface area contributed by atoms with E-state index in [0.29, 0.717) is 49.1 Å². The Bertz CT molecular complexity index is 827. The summed E-state index contributed by atoms with van der Waals surface area (Å²) in [5.74, 6) is 2.04. The Morgan fingerprint density at radius 2 is 1.82 bits per heavy atom. The molecule has 1 saturated heterocycles. The maximum absolute atomic E-state index is 12.5. The maximum Gasteiger partial charge on any atom is 0.232 e. The Morgan fingerprint density at radius 3 is 2.43 bits per heavy atom. The van der Waals surface area contributed by atoms with Crippen LogP contribution in [0, 0.1) is 13.8 Å². The normalized spacial score (nSPS) is 14.4. The SMILES string of the molecule is Cc1noc(C)c1CC(=O)N1CCN(C(=O)CSCc2cccc(Cl)c2)CC1. The highest BCUT2D eigenvalue weighted by Gasteiger charge is 2.25. The molecule has 2 heterocycles. The molecular weight excluding hydrogens is 398 g/mol. The molecule has 28 heavy (non-hydrogen) atoms. The van der Waals surface area contributed by atoms with Crippen LogP contribution in [0.5, 0.6) is 0 Å². The van der Waals surface area contributed by atoms with Crippen LogP contribution in [0.4, 0.5) is 0 Å². The van der Waals surface area contributed by atoms with Gasteiger partial charge >= 0.3 is 0 Å². The van der Waals surface area contributed by atoms with E-state index in [1.54, 1.807) is 11.8 Å². The molecule has 6 nitrogen and oxygen atoms in total. The number of rotatable bonds is 6. The first-order valence-corrected chi connectivity index (χ1v) is 10.8. The van der Waals surface area contributed by atoms with Crippen molar-refractivity contribution in [3.8, 4) is 0 Å². The van der Waals surface area contributed by atoms with E-state index in [2.05, 4.69) is 5.16 Å². The number of benzene rings is 1. The zero-order valence-electron chi connectivity index (χ0n) is 16.1. The third-order valence-corrected chi connectivity index (χ3v) is 6.10. The number of aromatic nitrogens is 1. The van der Waals surface area contributed by atoms with Crippen molar-refractivity contribution in [1.82, 2.24) is 15.0 Å². The summed E-state index contributed by atoms with van der Waals surface area (Å²) < 4.78 is 5.12. The molecule has 150 valence electrons. The van der Waals surface area contributed by atoms with Gasteiger partial charge in [0.25, 0.3) is 0 Å². The van der Waals surface area contributed by atoms with E-state index in [1.165, 1.54) is 0 Å². The van der Waals surface area contributed by atoms with Gasteiger partial charge in [-0.1, -0.05) is 28.9 Å². The highest BCUT2D eigenvalue weighted by Crippen LogP contribution is 2.18. The van der Waals surface area contributed by atoms with Crippen molar-refractivity contribution in [2.24, 2.45) is 0 Å². The lowest BCUT2D eigenvalue weighted by Gasteiger charge is -2.34. The van der Waals surface area contributed by atoms with E-state index in [9.17, 15) is 9.59 Å². The molecule has 0 unspecified atom stereocenters. The Morgan fingerprint density at radius 1 is 1.14 bits per heavy atom. The molecule has 8 heteroatoms. The summed E-state index contributed by atoms with van der Waals surface area (Å²) in [6.45, 7) is 5.94. The quantitative estimate of drug-likeness (QED) is 0.717. The molecule has 1 aliphatic rings. The van der Waals surface area contributed by atoms with Crippen molar-refractivity contribution in [3.63, 3.8) is 0 Å². The van der Waals surface area contributed by atoms with Gasteiger partial charge in [0.05, 0.1) is 17.9 Å². The molecule has 2 amide bonds. The Hall–Kier alpha value is -1.99. The average molecular weight is 422 g/mol. The third kappa shape index (κ3) is 5.29. The van der Waals surface area contributed by atoms with Crippen molar-refractivity contribution in [2.75, 3.05) is 31.9 Å². The number of hydrogen-bond acceptors (Lipinski definition) is 5. The van der Waals surface area contributed by atoms with E-state index in [-0.39, 0.29) is 11.8 Å². The molecule has 1 aromatic carbocycles. The van der Waals surface area contributed by atoms with Crippen molar-refractivity contribution >= 4 is 35.2 Å².